The standard InChI is InChI=1S/C18H17N5O/c1-2-11-8-20-9-12-5-14(10-22-17(11)12)24-16-3-4-21-18-15(16)6-13(7-19)23-18/h3-6,10-11,20H,2,8-9H2,1H3,(H,21,23). The number of nitriles is 1. The molecule has 0 radical (unpaired) electrons. The van der Waals surface area contributed by atoms with Crippen molar-refractivity contribution in [2.24, 2.45) is 0 Å². The molecule has 1 aliphatic heterocycles. The van der Waals surface area contributed by atoms with Crippen LogP contribution in [0, 0.1) is 11.3 Å². The van der Waals surface area contributed by atoms with E-state index in [1.54, 1.807) is 24.5 Å². The van der Waals surface area contributed by atoms with Crippen molar-refractivity contribution >= 4 is 11.0 Å². The molecule has 0 aromatic carbocycles. The van der Waals surface area contributed by atoms with Gasteiger partial charge in [0.05, 0.1) is 11.6 Å². The van der Waals surface area contributed by atoms with Crippen LogP contribution in [0.2, 0.25) is 0 Å². The van der Waals surface area contributed by atoms with Crippen LogP contribution in [0.5, 0.6) is 11.5 Å². The Balaban J connectivity index is 1.69. The first kappa shape index (κ1) is 14.7. The van der Waals surface area contributed by atoms with Crippen molar-refractivity contribution in [3.8, 4) is 17.6 Å². The molecule has 0 aliphatic carbocycles. The van der Waals surface area contributed by atoms with Gasteiger partial charge in [-0.1, -0.05) is 6.92 Å². The summed E-state index contributed by atoms with van der Waals surface area (Å²) in [7, 11) is 0. The molecule has 1 unspecified atom stereocenters. The lowest BCUT2D eigenvalue weighted by molar-refractivity contribution is 0.473. The van der Waals surface area contributed by atoms with Crippen LogP contribution in [0.1, 0.15) is 36.2 Å². The first-order valence-corrected chi connectivity index (χ1v) is 8.03. The van der Waals surface area contributed by atoms with Gasteiger partial charge in [0.1, 0.15) is 28.9 Å². The number of rotatable bonds is 3. The SMILES string of the molecule is CCC1CNCc2cc(Oc3ccnc4[nH]c(C#N)cc34)cnc21. The number of hydrogen-bond donors (Lipinski definition) is 2. The summed E-state index contributed by atoms with van der Waals surface area (Å²) >= 11 is 0. The van der Waals surface area contributed by atoms with E-state index in [0.29, 0.717) is 28.8 Å². The average Bonchev–Trinajstić information content (AvgIpc) is 3.05. The second kappa shape index (κ2) is 5.95. The number of nitrogens with zero attached hydrogens (tertiary/aromatic N) is 3. The molecule has 0 saturated carbocycles. The van der Waals surface area contributed by atoms with Crippen LogP contribution >= 0.6 is 0 Å². The van der Waals surface area contributed by atoms with E-state index in [1.165, 1.54) is 5.56 Å². The highest BCUT2D eigenvalue weighted by molar-refractivity contribution is 5.84. The maximum Gasteiger partial charge on any atom is 0.146 e. The molecule has 2 N–H and O–H groups in total. The van der Waals surface area contributed by atoms with Gasteiger partial charge >= 0.3 is 0 Å². The molecule has 0 saturated heterocycles. The van der Waals surface area contributed by atoms with Gasteiger partial charge in [0.2, 0.25) is 0 Å². The third kappa shape index (κ3) is 2.49. The molecule has 4 rings (SSSR count). The van der Waals surface area contributed by atoms with Crippen LogP contribution in [-0.4, -0.2) is 21.5 Å². The highest BCUT2D eigenvalue weighted by atomic mass is 16.5. The lowest BCUT2D eigenvalue weighted by atomic mass is 9.94. The average molecular weight is 319 g/mol. The smallest absolute Gasteiger partial charge is 0.146 e. The summed E-state index contributed by atoms with van der Waals surface area (Å²) < 4.78 is 6.02. The van der Waals surface area contributed by atoms with Crippen molar-refractivity contribution in [2.45, 2.75) is 25.8 Å². The van der Waals surface area contributed by atoms with Gasteiger partial charge in [0, 0.05) is 30.9 Å². The van der Waals surface area contributed by atoms with Gasteiger partial charge in [-0.2, -0.15) is 5.26 Å². The van der Waals surface area contributed by atoms with Crippen molar-refractivity contribution in [1.29, 1.82) is 5.26 Å². The van der Waals surface area contributed by atoms with Gasteiger partial charge in [-0.05, 0) is 30.2 Å². The summed E-state index contributed by atoms with van der Waals surface area (Å²) in [5, 5.41) is 13.2. The summed E-state index contributed by atoms with van der Waals surface area (Å²) in [5.41, 5.74) is 3.45. The molecule has 0 spiro atoms. The third-order valence-corrected chi connectivity index (χ3v) is 4.40. The largest absolute Gasteiger partial charge is 0.455 e. The summed E-state index contributed by atoms with van der Waals surface area (Å²) in [4.78, 5) is 11.8. The number of aromatic amines is 1. The second-order valence-electron chi connectivity index (χ2n) is 5.92. The number of ether oxygens (including phenoxy) is 1. The van der Waals surface area contributed by atoms with Gasteiger partial charge < -0.3 is 15.0 Å². The van der Waals surface area contributed by atoms with E-state index in [0.717, 1.165) is 30.6 Å². The Morgan fingerprint density at radius 1 is 1.38 bits per heavy atom. The van der Waals surface area contributed by atoms with Crippen molar-refractivity contribution in [3.05, 3.63) is 47.5 Å². The fourth-order valence-corrected chi connectivity index (χ4v) is 3.16. The minimum Gasteiger partial charge on any atom is -0.455 e. The number of fused-ring (bicyclic) bond motifs is 2. The Morgan fingerprint density at radius 2 is 2.29 bits per heavy atom. The molecule has 3 aromatic rings. The fraction of sp³-hybridized carbons (Fsp3) is 0.278. The quantitative estimate of drug-likeness (QED) is 0.774. The Hall–Kier alpha value is -2.91. The van der Waals surface area contributed by atoms with Crippen LogP contribution in [0.4, 0.5) is 0 Å². The normalized spacial score (nSPS) is 16.6. The molecular formula is C18H17N5O. The molecule has 120 valence electrons. The van der Waals surface area contributed by atoms with Gasteiger partial charge in [0.15, 0.2) is 0 Å². The van der Waals surface area contributed by atoms with Crippen molar-refractivity contribution in [1.82, 2.24) is 20.3 Å². The minimum absolute atomic E-state index is 0.457. The first-order chi connectivity index (χ1) is 11.8. The van der Waals surface area contributed by atoms with Gasteiger partial charge in [0.25, 0.3) is 0 Å². The number of pyridine rings is 2. The second-order valence-corrected chi connectivity index (χ2v) is 5.92. The van der Waals surface area contributed by atoms with Crippen LogP contribution in [-0.2, 0) is 6.54 Å². The van der Waals surface area contributed by atoms with E-state index in [4.69, 9.17) is 10.00 Å². The van der Waals surface area contributed by atoms with Crippen LogP contribution in [0.25, 0.3) is 11.0 Å². The van der Waals surface area contributed by atoms with Crippen molar-refractivity contribution in [3.63, 3.8) is 0 Å². The summed E-state index contributed by atoms with van der Waals surface area (Å²) in [5.74, 6) is 1.81. The summed E-state index contributed by atoms with van der Waals surface area (Å²) in [6.07, 6.45) is 4.51. The molecule has 6 heteroatoms. The Labute approximate surface area is 139 Å². The highest BCUT2D eigenvalue weighted by Crippen LogP contribution is 2.32. The zero-order valence-electron chi connectivity index (χ0n) is 13.3. The van der Waals surface area contributed by atoms with Gasteiger partial charge in [-0.3, -0.25) is 4.98 Å². The highest BCUT2D eigenvalue weighted by Gasteiger charge is 2.20. The molecule has 24 heavy (non-hydrogen) atoms. The molecule has 0 fully saturated rings. The number of nitrogens with one attached hydrogen (secondary N) is 2. The van der Waals surface area contributed by atoms with E-state index < -0.39 is 0 Å². The third-order valence-electron chi connectivity index (χ3n) is 4.40. The van der Waals surface area contributed by atoms with Crippen molar-refractivity contribution < 1.29 is 4.74 Å². The summed E-state index contributed by atoms with van der Waals surface area (Å²) in [6.45, 7) is 3.96. The number of H-pyrrole nitrogens is 1. The van der Waals surface area contributed by atoms with Gasteiger partial charge in [-0.25, -0.2) is 4.98 Å². The zero-order valence-corrected chi connectivity index (χ0v) is 13.3. The predicted octanol–water partition coefficient (Wildman–Crippen LogP) is 3.22. The topological polar surface area (TPSA) is 86.6 Å². The molecule has 1 aliphatic rings. The number of hydrogen-bond acceptors (Lipinski definition) is 5. The minimum atomic E-state index is 0.457. The van der Waals surface area contributed by atoms with E-state index >= 15 is 0 Å². The molecule has 0 amide bonds. The van der Waals surface area contributed by atoms with Crippen LogP contribution < -0.4 is 10.1 Å². The first-order valence-electron chi connectivity index (χ1n) is 8.03. The van der Waals surface area contributed by atoms with Crippen LogP contribution in [0.15, 0.2) is 30.6 Å². The Kier molecular flexibility index (Phi) is 3.63. The maximum absolute atomic E-state index is 9.03. The zero-order chi connectivity index (χ0) is 16.5. The van der Waals surface area contributed by atoms with Gasteiger partial charge in [-0.15, -0.1) is 0 Å². The molecule has 6 nitrogen and oxygen atoms in total. The maximum atomic E-state index is 9.03. The molecule has 3 aromatic heterocycles. The lowest BCUT2D eigenvalue weighted by Gasteiger charge is -2.24. The van der Waals surface area contributed by atoms with E-state index in [2.05, 4.69) is 33.3 Å². The van der Waals surface area contributed by atoms with Crippen molar-refractivity contribution in [2.75, 3.05) is 6.54 Å². The molecule has 1 atom stereocenters. The van der Waals surface area contributed by atoms with Crippen LogP contribution in [0.3, 0.4) is 0 Å². The monoisotopic (exact) mass is 319 g/mol. The fourth-order valence-electron chi connectivity index (χ4n) is 3.16. The van der Waals surface area contributed by atoms with E-state index in [9.17, 15) is 0 Å². The summed E-state index contributed by atoms with van der Waals surface area (Å²) in [6, 6.07) is 7.67. The Bertz CT molecular complexity index is 940. The molecule has 0 bridgehead atoms. The van der Waals surface area contributed by atoms with E-state index in [-0.39, 0.29) is 0 Å². The lowest BCUT2D eigenvalue weighted by Crippen LogP contribution is -2.28. The number of aromatic nitrogens is 3. The molecular weight excluding hydrogens is 302 g/mol. The van der Waals surface area contributed by atoms with E-state index in [1.807, 2.05) is 6.07 Å². The predicted molar refractivity (Wildman–Crippen MR) is 89.9 cm³/mol. The Morgan fingerprint density at radius 3 is 3.12 bits per heavy atom. The molecule has 4 heterocycles.